The molecule has 1 N–H and O–H groups in total. The van der Waals surface area contributed by atoms with Crippen molar-refractivity contribution >= 4 is 32.4 Å². The Morgan fingerprint density at radius 3 is 2.30 bits per heavy atom. The SMILES string of the molecule is O=C(Nc1cccs1)N1CCN(S(=O)(=O)c2ccccc2)CC1. The fourth-order valence-corrected chi connectivity index (χ4v) is 4.46. The third kappa shape index (κ3) is 3.54. The van der Waals surface area contributed by atoms with Gasteiger partial charge in [0.2, 0.25) is 10.0 Å². The molecule has 0 atom stereocenters. The van der Waals surface area contributed by atoms with Crippen LogP contribution in [0, 0.1) is 0 Å². The molecule has 0 unspecified atom stereocenters. The second-order valence-electron chi connectivity index (χ2n) is 5.11. The van der Waals surface area contributed by atoms with Crippen LogP contribution in [0.3, 0.4) is 0 Å². The van der Waals surface area contributed by atoms with Gasteiger partial charge in [0.25, 0.3) is 0 Å². The first-order chi connectivity index (χ1) is 11.1. The molecule has 0 bridgehead atoms. The Kier molecular flexibility index (Phi) is 4.65. The Morgan fingerprint density at radius 2 is 1.70 bits per heavy atom. The zero-order valence-corrected chi connectivity index (χ0v) is 14.0. The number of hydrogen-bond donors (Lipinski definition) is 1. The Labute approximate surface area is 139 Å². The van der Waals surface area contributed by atoms with E-state index >= 15 is 0 Å². The standard InChI is InChI=1S/C15H17N3O3S2/c19-15(16-14-7-4-12-22-14)17-8-10-18(11-9-17)23(20,21)13-5-2-1-3-6-13/h1-7,12H,8-11H2,(H,16,19). The summed E-state index contributed by atoms with van der Waals surface area (Å²) in [5.41, 5.74) is 0. The lowest BCUT2D eigenvalue weighted by Crippen LogP contribution is -2.51. The maximum absolute atomic E-state index is 12.5. The lowest BCUT2D eigenvalue weighted by molar-refractivity contribution is 0.184. The Morgan fingerprint density at radius 1 is 1.00 bits per heavy atom. The fraction of sp³-hybridized carbons (Fsp3) is 0.267. The zero-order valence-electron chi connectivity index (χ0n) is 12.4. The van der Waals surface area contributed by atoms with Crippen molar-refractivity contribution in [2.24, 2.45) is 0 Å². The molecule has 3 rings (SSSR count). The molecular weight excluding hydrogens is 334 g/mol. The minimum absolute atomic E-state index is 0.191. The van der Waals surface area contributed by atoms with E-state index in [0.717, 1.165) is 5.00 Å². The van der Waals surface area contributed by atoms with Gasteiger partial charge in [0.15, 0.2) is 0 Å². The number of rotatable bonds is 3. The van der Waals surface area contributed by atoms with E-state index in [4.69, 9.17) is 0 Å². The van der Waals surface area contributed by atoms with Crippen LogP contribution < -0.4 is 5.32 Å². The van der Waals surface area contributed by atoms with E-state index in [-0.39, 0.29) is 10.9 Å². The summed E-state index contributed by atoms with van der Waals surface area (Å²) in [6.07, 6.45) is 0. The number of piperazine rings is 1. The normalized spacial score (nSPS) is 16.3. The highest BCUT2D eigenvalue weighted by atomic mass is 32.2. The van der Waals surface area contributed by atoms with Crippen LogP contribution in [0.15, 0.2) is 52.7 Å². The van der Waals surface area contributed by atoms with Crippen LogP contribution >= 0.6 is 11.3 Å². The number of urea groups is 1. The number of carbonyl (C=O) groups excluding carboxylic acids is 1. The first-order valence-electron chi connectivity index (χ1n) is 7.22. The molecule has 1 aliphatic heterocycles. The molecule has 1 aromatic heterocycles. The van der Waals surface area contributed by atoms with Crippen LogP contribution in [-0.4, -0.2) is 49.8 Å². The summed E-state index contributed by atoms with van der Waals surface area (Å²) in [4.78, 5) is 14.1. The Balaban J connectivity index is 1.61. The second kappa shape index (κ2) is 6.69. The molecule has 1 fully saturated rings. The van der Waals surface area contributed by atoms with Crippen LogP contribution in [0.4, 0.5) is 9.80 Å². The molecule has 1 saturated heterocycles. The molecular formula is C15H17N3O3S2. The summed E-state index contributed by atoms with van der Waals surface area (Å²) in [6.45, 7) is 1.36. The third-order valence-electron chi connectivity index (χ3n) is 3.66. The molecule has 0 saturated carbocycles. The van der Waals surface area contributed by atoms with E-state index in [2.05, 4.69) is 5.32 Å². The van der Waals surface area contributed by atoms with E-state index in [1.54, 1.807) is 35.2 Å². The molecule has 1 aliphatic rings. The quantitative estimate of drug-likeness (QED) is 0.922. The highest BCUT2D eigenvalue weighted by Gasteiger charge is 2.29. The molecule has 1 aromatic carbocycles. The van der Waals surface area contributed by atoms with Crippen molar-refractivity contribution in [3.05, 3.63) is 47.8 Å². The molecule has 2 amide bonds. The highest BCUT2D eigenvalue weighted by Crippen LogP contribution is 2.19. The minimum atomic E-state index is -3.48. The fourth-order valence-electron chi connectivity index (χ4n) is 2.41. The van der Waals surface area contributed by atoms with E-state index in [9.17, 15) is 13.2 Å². The molecule has 0 aliphatic carbocycles. The Bertz CT molecular complexity index is 753. The summed E-state index contributed by atoms with van der Waals surface area (Å²) in [7, 11) is -3.48. The van der Waals surface area contributed by atoms with Crippen molar-refractivity contribution in [3.8, 4) is 0 Å². The van der Waals surface area contributed by atoms with Gasteiger partial charge in [0.1, 0.15) is 0 Å². The molecule has 8 heteroatoms. The average Bonchev–Trinajstić information content (AvgIpc) is 3.09. The zero-order chi connectivity index (χ0) is 16.3. The van der Waals surface area contributed by atoms with Crippen LogP contribution in [0.5, 0.6) is 0 Å². The largest absolute Gasteiger partial charge is 0.322 e. The third-order valence-corrected chi connectivity index (χ3v) is 6.36. The van der Waals surface area contributed by atoms with Gasteiger partial charge in [0, 0.05) is 26.2 Å². The first kappa shape index (κ1) is 16.0. The minimum Gasteiger partial charge on any atom is -0.322 e. The number of nitrogens with one attached hydrogen (secondary N) is 1. The number of benzene rings is 1. The van der Waals surface area contributed by atoms with Gasteiger partial charge in [-0.2, -0.15) is 4.31 Å². The van der Waals surface area contributed by atoms with Crippen LogP contribution in [-0.2, 0) is 10.0 Å². The number of thiophene rings is 1. The summed E-state index contributed by atoms with van der Waals surface area (Å²) >= 11 is 1.45. The van der Waals surface area contributed by atoms with Gasteiger partial charge in [0.05, 0.1) is 9.90 Å². The van der Waals surface area contributed by atoms with Crippen LogP contribution in [0.1, 0.15) is 0 Å². The van der Waals surface area contributed by atoms with Gasteiger partial charge < -0.3 is 4.90 Å². The van der Waals surface area contributed by atoms with Gasteiger partial charge in [-0.05, 0) is 29.6 Å². The molecule has 2 aromatic rings. The van der Waals surface area contributed by atoms with Crippen molar-refractivity contribution in [1.29, 1.82) is 0 Å². The van der Waals surface area contributed by atoms with E-state index in [0.29, 0.717) is 26.2 Å². The lowest BCUT2D eigenvalue weighted by Gasteiger charge is -2.33. The summed E-state index contributed by atoms with van der Waals surface area (Å²) in [5, 5.41) is 5.49. The van der Waals surface area contributed by atoms with Crippen molar-refractivity contribution in [2.75, 3.05) is 31.5 Å². The van der Waals surface area contributed by atoms with Crippen molar-refractivity contribution in [1.82, 2.24) is 9.21 Å². The highest BCUT2D eigenvalue weighted by molar-refractivity contribution is 7.89. The molecule has 122 valence electrons. The molecule has 23 heavy (non-hydrogen) atoms. The van der Waals surface area contributed by atoms with E-state index in [1.165, 1.54) is 15.6 Å². The first-order valence-corrected chi connectivity index (χ1v) is 9.54. The monoisotopic (exact) mass is 351 g/mol. The number of hydrogen-bond acceptors (Lipinski definition) is 4. The summed E-state index contributed by atoms with van der Waals surface area (Å²) in [5.74, 6) is 0. The number of amides is 2. The second-order valence-corrected chi connectivity index (χ2v) is 8.00. The lowest BCUT2D eigenvalue weighted by atomic mass is 10.4. The van der Waals surface area contributed by atoms with Crippen LogP contribution in [0.2, 0.25) is 0 Å². The van der Waals surface area contributed by atoms with Gasteiger partial charge >= 0.3 is 6.03 Å². The summed E-state index contributed by atoms with van der Waals surface area (Å²) < 4.78 is 26.5. The topological polar surface area (TPSA) is 69.7 Å². The van der Waals surface area contributed by atoms with Gasteiger partial charge in [-0.15, -0.1) is 11.3 Å². The van der Waals surface area contributed by atoms with Crippen molar-refractivity contribution in [3.63, 3.8) is 0 Å². The number of carbonyl (C=O) groups is 1. The van der Waals surface area contributed by atoms with Gasteiger partial charge in [-0.3, -0.25) is 5.32 Å². The van der Waals surface area contributed by atoms with E-state index in [1.807, 2.05) is 17.5 Å². The maximum Gasteiger partial charge on any atom is 0.322 e. The predicted octanol–water partition coefficient (Wildman–Crippen LogP) is 2.29. The predicted molar refractivity (Wildman–Crippen MR) is 90.1 cm³/mol. The summed E-state index contributed by atoms with van der Waals surface area (Å²) in [6, 6.07) is 11.9. The molecule has 0 spiro atoms. The van der Waals surface area contributed by atoms with Gasteiger partial charge in [-0.25, -0.2) is 13.2 Å². The Hall–Kier alpha value is -1.90. The molecule has 6 nitrogen and oxygen atoms in total. The van der Waals surface area contributed by atoms with Crippen molar-refractivity contribution in [2.45, 2.75) is 4.90 Å². The number of nitrogens with zero attached hydrogens (tertiary/aromatic N) is 2. The number of sulfonamides is 1. The average molecular weight is 351 g/mol. The van der Waals surface area contributed by atoms with Gasteiger partial charge in [-0.1, -0.05) is 18.2 Å². The van der Waals surface area contributed by atoms with E-state index < -0.39 is 10.0 Å². The van der Waals surface area contributed by atoms with Crippen molar-refractivity contribution < 1.29 is 13.2 Å². The number of anilines is 1. The maximum atomic E-state index is 12.5. The smallest absolute Gasteiger partial charge is 0.322 e. The molecule has 0 radical (unpaired) electrons. The molecule has 2 heterocycles. The van der Waals surface area contributed by atoms with Crippen LogP contribution in [0.25, 0.3) is 0 Å².